The van der Waals surface area contributed by atoms with E-state index in [1.165, 1.54) is 0 Å². The zero-order chi connectivity index (χ0) is 21.1. The highest BCUT2D eigenvalue weighted by Crippen LogP contribution is 2.38. The molecule has 4 rings (SSSR count). The summed E-state index contributed by atoms with van der Waals surface area (Å²) in [6.07, 6.45) is 5.55. The van der Waals surface area contributed by atoms with E-state index in [1.54, 1.807) is 0 Å². The number of amides is 1. The molecule has 0 unspecified atom stereocenters. The highest BCUT2D eigenvalue weighted by atomic mass is 16.5. The molecular weight excluding hydrogens is 386 g/mol. The predicted molar refractivity (Wildman–Crippen MR) is 109 cm³/mol. The number of nitrogens with zero attached hydrogens (tertiary/aromatic N) is 2. The number of aliphatic hydroxyl groups excluding tert-OH is 1. The number of aryl methyl sites for hydroxylation is 2. The molecule has 2 N–H and O–H groups in total. The maximum atomic E-state index is 12.8. The fourth-order valence-corrected chi connectivity index (χ4v) is 4.97. The lowest BCUT2D eigenvalue weighted by atomic mass is 9.75. The number of carbonyl (C=O) groups excluding carboxylic acids is 2. The highest BCUT2D eigenvalue weighted by molar-refractivity contribution is 5.94. The van der Waals surface area contributed by atoms with Gasteiger partial charge in [0.2, 0.25) is 0 Å². The van der Waals surface area contributed by atoms with Gasteiger partial charge in [0.05, 0.1) is 18.2 Å². The van der Waals surface area contributed by atoms with Crippen LogP contribution < -0.4 is 5.32 Å². The number of carbonyl (C=O) groups is 2. The molecule has 1 aromatic rings. The van der Waals surface area contributed by atoms with E-state index in [-0.39, 0.29) is 35.7 Å². The second-order valence-corrected chi connectivity index (χ2v) is 9.05. The number of aliphatic hydroxyl groups is 1. The SMILES string of the molecule is CCn1nc(CCCOC(=O)C2CC(CO)C2)c2c1C(=O)NCC1(CCOCC1)C2. The summed E-state index contributed by atoms with van der Waals surface area (Å²) in [5, 5.41) is 16.9. The first-order chi connectivity index (χ1) is 14.5. The molecule has 3 heterocycles. The Balaban J connectivity index is 1.40. The van der Waals surface area contributed by atoms with Crippen molar-refractivity contribution in [3.63, 3.8) is 0 Å². The Bertz CT molecular complexity index is 778. The van der Waals surface area contributed by atoms with Crippen molar-refractivity contribution < 1.29 is 24.2 Å². The van der Waals surface area contributed by atoms with Gasteiger partial charge in [0.15, 0.2) is 0 Å². The molecule has 0 bridgehead atoms. The van der Waals surface area contributed by atoms with Gasteiger partial charge >= 0.3 is 5.97 Å². The third kappa shape index (κ3) is 4.25. The molecule has 0 atom stereocenters. The molecule has 1 saturated heterocycles. The minimum atomic E-state index is -0.154. The van der Waals surface area contributed by atoms with Crippen molar-refractivity contribution in [2.75, 3.05) is 33.0 Å². The molecule has 3 aliphatic rings. The molecule has 166 valence electrons. The van der Waals surface area contributed by atoms with E-state index in [1.807, 2.05) is 11.6 Å². The van der Waals surface area contributed by atoms with Crippen LogP contribution in [0.15, 0.2) is 0 Å². The molecule has 2 fully saturated rings. The van der Waals surface area contributed by atoms with Crippen molar-refractivity contribution in [2.45, 2.75) is 58.4 Å². The summed E-state index contributed by atoms with van der Waals surface area (Å²) in [4.78, 5) is 24.9. The number of hydrogen-bond acceptors (Lipinski definition) is 6. The molecule has 1 amide bonds. The quantitative estimate of drug-likeness (QED) is 0.513. The first kappa shape index (κ1) is 21.3. The summed E-state index contributed by atoms with van der Waals surface area (Å²) in [7, 11) is 0. The number of aromatic nitrogens is 2. The number of fused-ring (bicyclic) bond motifs is 1. The van der Waals surface area contributed by atoms with Crippen molar-refractivity contribution in [1.82, 2.24) is 15.1 Å². The van der Waals surface area contributed by atoms with Crippen LogP contribution in [0.2, 0.25) is 0 Å². The Morgan fingerprint density at radius 2 is 2.13 bits per heavy atom. The van der Waals surface area contributed by atoms with Gasteiger partial charge in [0.1, 0.15) is 5.69 Å². The predicted octanol–water partition coefficient (Wildman–Crippen LogP) is 1.48. The molecule has 1 saturated carbocycles. The Labute approximate surface area is 177 Å². The van der Waals surface area contributed by atoms with Crippen LogP contribution >= 0.6 is 0 Å². The van der Waals surface area contributed by atoms with E-state index in [0.29, 0.717) is 38.2 Å². The van der Waals surface area contributed by atoms with Crippen LogP contribution in [0, 0.1) is 17.3 Å². The molecule has 1 aliphatic carbocycles. The fourth-order valence-electron chi connectivity index (χ4n) is 4.97. The third-order valence-electron chi connectivity index (χ3n) is 7.01. The molecule has 8 nitrogen and oxygen atoms in total. The van der Waals surface area contributed by atoms with Gasteiger partial charge < -0.3 is 19.9 Å². The summed E-state index contributed by atoms with van der Waals surface area (Å²) in [5.41, 5.74) is 2.74. The number of esters is 1. The largest absolute Gasteiger partial charge is 0.465 e. The molecule has 2 aliphatic heterocycles. The second kappa shape index (κ2) is 9.06. The van der Waals surface area contributed by atoms with Crippen molar-refractivity contribution in [3.05, 3.63) is 17.0 Å². The van der Waals surface area contributed by atoms with Gasteiger partial charge in [-0.25, -0.2) is 0 Å². The molecule has 8 heteroatoms. The Hall–Kier alpha value is -1.93. The van der Waals surface area contributed by atoms with E-state index in [2.05, 4.69) is 5.32 Å². The van der Waals surface area contributed by atoms with Crippen molar-refractivity contribution in [1.29, 1.82) is 0 Å². The minimum Gasteiger partial charge on any atom is -0.465 e. The Morgan fingerprint density at radius 3 is 2.83 bits per heavy atom. The molecular formula is C22H33N3O5. The van der Waals surface area contributed by atoms with Crippen molar-refractivity contribution >= 4 is 11.9 Å². The van der Waals surface area contributed by atoms with Gasteiger partial charge in [0, 0.05) is 38.5 Å². The van der Waals surface area contributed by atoms with Crippen LogP contribution in [-0.4, -0.2) is 59.7 Å². The third-order valence-corrected chi connectivity index (χ3v) is 7.01. The summed E-state index contributed by atoms with van der Waals surface area (Å²) in [5.74, 6) is -0.00330. The van der Waals surface area contributed by atoms with Gasteiger partial charge in [-0.1, -0.05) is 0 Å². The number of ether oxygens (including phenoxy) is 2. The molecule has 0 radical (unpaired) electrons. The average molecular weight is 420 g/mol. The highest BCUT2D eigenvalue weighted by Gasteiger charge is 2.39. The molecule has 30 heavy (non-hydrogen) atoms. The lowest BCUT2D eigenvalue weighted by Gasteiger charge is -2.36. The summed E-state index contributed by atoms with van der Waals surface area (Å²) >= 11 is 0. The monoisotopic (exact) mass is 419 g/mol. The van der Waals surface area contributed by atoms with E-state index in [4.69, 9.17) is 19.7 Å². The van der Waals surface area contributed by atoms with Crippen LogP contribution in [0.5, 0.6) is 0 Å². The Kier molecular flexibility index (Phi) is 6.43. The van der Waals surface area contributed by atoms with Gasteiger partial charge in [-0.3, -0.25) is 14.3 Å². The maximum absolute atomic E-state index is 12.8. The van der Waals surface area contributed by atoms with E-state index in [0.717, 1.165) is 56.6 Å². The zero-order valence-corrected chi connectivity index (χ0v) is 17.8. The van der Waals surface area contributed by atoms with Gasteiger partial charge in [-0.2, -0.15) is 5.10 Å². The van der Waals surface area contributed by atoms with Crippen molar-refractivity contribution in [3.8, 4) is 0 Å². The topological polar surface area (TPSA) is 103 Å². The number of nitrogens with one attached hydrogen (secondary N) is 1. The number of rotatable bonds is 7. The standard InChI is InChI=1S/C22H33N3O5/c1-2-25-19-17(12-22(14-23-20(19)27)5-8-29-9-6-22)18(24-25)4-3-7-30-21(28)16-10-15(11-16)13-26/h15-16,26H,2-14H2,1H3,(H,23,27). The van der Waals surface area contributed by atoms with E-state index in [9.17, 15) is 9.59 Å². The summed E-state index contributed by atoms with van der Waals surface area (Å²) in [6, 6.07) is 0. The second-order valence-electron chi connectivity index (χ2n) is 9.05. The van der Waals surface area contributed by atoms with E-state index < -0.39 is 0 Å². The van der Waals surface area contributed by atoms with Crippen LogP contribution in [0.3, 0.4) is 0 Å². The van der Waals surface area contributed by atoms with Gasteiger partial charge in [-0.05, 0) is 63.2 Å². The molecule has 1 aromatic heterocycles. The zero-order valence-electron chi connectivity index (χ0n) is 17.8. The smallest absolute Gasteiger partial charge is 0.308 e. The van der Waals surface area contributed by atoms with Crippen LogP contribution in [0.25, 0.3) is 0 Å². The van der Waals surface area contributed by atoms with Crippen LogP contribution in [0.4, 0.5) is 0 Å². The Morgan fingerprint density at radius 1 is 1.37 bits per heavy atom. The normalized spacial score (nSPS) is 25.2. The van der Waals surface area contributed by atoms with Crippen LogP contribution in [-0.2, 0) is 33.7 Å². The average Bonchev–Trinajstić information content (AvgIpc) is 2.99. The molecule has 1 spiro atoms. The minimum absolute atomic E-state index is 0.0372. The number of hydrogen-bond donors (Lipinski definition) is 2. The lowest BCUT2D eigenvalue weighted by Crippen LogP contribution is -2.40. The van der Waals surface area contributed by atoms with Gasteiger partial charge in [-0.15, -0.1) is 0 Å². The lowest BCUT2D eigenvalue weighted by molar-refractivity contribution is -0.154. The van der Waals surface area contributed by atoms with E-state index >= 15 is 0 Å². The van der Waals surface area contributed by atoms with Crippen LogP contribution in [0.1, 0.15) is 60.8 Å². The van der Waals surface area contributed by atoms with Gasteiger partial charge in [0.25, 0.3) is 5.91 Å². The fraction of sp³-hybridized carbons (Fsp3) is 0.773. The first-order valence-corrected chi connectivity index (χ1v) is 11.3. The van der Waals surface area contributed by atoms with Crippen molar-refractivity contribution in [2.24, 2.45) is 17.3 Å². The summed E-state index contributed by atoms with van der Waals surface area (Å²) < 4.78 is 12.8. The maximum Gasteiger partial charge on any atom is 0.308 e. The summed E-state index contributed by atoms with van der Waals surface area (Å²) in [6.45, 7) is 5.30. The molecule has 0 aromatic carbocycles. The first-order valence-electron chi connectivity index (χ1n) is 11.3.